The summed E-state index contributed by atoms with van der Waals surface area (Å²) in [7, 11) is 0. The second-order valence-corrected chi connectivity index (χ2v) is 6.86. The van der Waals surface area contributed by atoms with Gasteiger partial charge in [-0.05, 0) is 43.7 Å². The summed E-state index contributed by atoms with van der Waals surface area (Å²) < 4.78 is 0. The number of aliphatic hydroxyl groups is 1. The highest BCUT2D eigenvalue weighted by molar-refractivity contribution is 5.74. The summed E-state index contributed by atoms with van der Waals surface area (Å²) >= 11 is 0. The molecule has 1 unspecified atom stereocenters. The van der Waals surface area contributed by atoms with Crippen LogP contribution in [0, 0.1) is 17.2 Å². The van der Waals surface area contributed by atoms with Crippen LogP contribution in [0.2, 0.25) is 0 Å². The highest BCUT2D eigenvalue weighted by Crippen LogP contribution is 2.19. The summed E-state index contributed by atoms with van der Waals surface area (Å²) in [6, 6.07) is 5.90. The molecule has 1 aromatic rings. The highest BCUT2D eigenvalue weighted by atomic mass is 16.3. The number of aromatic nitrogens is 1. The minimum absolute atomic E-state index is 0.00639. The minimum atomic E-state index is -0.00639. The topological polar surface area (TPSA) is 92.5 Å². The Balaban J connectivity index is 1.47. The maximum atomic E-state index is 12.4. The molecule has 2 fully saturated rings. The molecule has 7 heteroatoms. The molecule has 2 N–H and O–H groups in total. The number of rotatable bonds is 3. The predicted molar refractivity (Wildman–Crippen MR) is 94.1 cm³/mol. The minimum Gasteiger partial charge on any atom is -0.396 e. The monoisotopic (exact) mass is 343 g/mol. The second kappa shape index (κ2) is 8.17. The Hall–Kier alpha value is -2.33. The van der Waals surface area contributed by atoms with E-state index in [2.05, 4.69) is 21.3 Å². The van der Waals surface area contributed by atoms with Crippen molar-refractivity contribution >= 4 is 11.8 Å². The van der Waals surface area contributed by atoms with E-state index in [1.54, 1.807) is 12.3 Å². The lowest BCUT2D eigenvalue weighted by molar-refractivity contribution is 0.127. The van der Waals surface area contributed by atoms with E-state index in [-0.39, 0.29) is 24.6 Å². The zero-order valence-corrected chi connectivity index (χ0v) is 14.4. The van der Waals surface area contributed by atoms with Gasteiger partial charge in [-0.15, -0.1) is 0 Å². The second-order valence-electron chi connectivity index (χ2n) is 6.86. The molecule has 134 valence electrons. The average Bonchev–Trinajstić information content (AvgIpc) is 2.68. The van der Waals surface area contributed by atoms with E-state index in [1.165, 1.54) is 0 Å². The van der Waals surface area contributed by atoms with Crippen LogP contribution in [0.1, 0.15) is 31.2 Å². The molecule has 25 heavy (non-hydrogen) atoms. The van der Waals surface area contributed by atoms with Gasteiger partial charge in [0.25, 0.3) is 0 Å². The van der Waals surface area contributed by atoms with Crippen molar-refractivity contribution in [3.8, 4) is 6.07 Å². The van der Waals surface area contributed by atoms with Crippen molar-refractivity contribution in [2.24, 2.45) is 5.92 Å². The molecule has 2 aliphatic heterocycles. The van der Waals surface area contributed by atoms with Crippen molar-refractivity contribution in [1.29, 1.82) is 5.26 Å². The highest BCUT2D eigenvalue weighted by Gasteiger charge is 2.26. The number of anilines is 1. The number of carbonyl (C=O) groups excluding carboxylic acids is 1. The summed E-state index contributed by atoms with van der Waals surface area (Å²) in [5.74, 6) is 1.09. The van der Waals surface area contributed by atoms with Gasteiger partial charge in [-0.1, -0.05) is 0 Å². The van der Waals surface area contributed by atoms with Crippen LogP contribution in [0.15, 0.2) is 18.3 Å². The van der Waals surface area contributed by atoms with Gasteiger partial charge in [0.15, 0.2) is 0 Å². The first-order valence-electron chi connectivity index (χ1n) is 8.97. The molecule has 0 aromatic carbocycles. The molecule has 2 saturated heterocycles. The lowest BCUT2D eigenvalue weighted by Crippen LogP contribution is -2.51. The smallest absolute Gasteiger partial charge is 0.317 e. The zero-order chi connectivity index (χ0) is 17.6. The van der Waals surface area contributed by atoms with E-state index >= 15 is 0 Å². The summed E-state index contributed by atoms with van der Waals surface area (Å²) in [6.07, 6.45) is 5.31. The van der Waals surface area contributed by atoms with E-state index in [1.807, 2.05) is 11.0 Å². The van der Waals surface area contributed by atoms with Crippen molar-refractivity contribution < 1.29 is 9.90 Å². The molecule has 0 spiro atoms. The lowest BCUT2D eigenvalue weighted by atomic mass is 9.99. The molecular weight excluding hydrogens is 318 g/mol. The first-order chi connectivity index (χ1) is 12.2. The van der Waals surface area contributed by atoms with Crippen molar-refractivity contribution in [3.05, 3.63) is 23.9 Å². The van der Waals surface area contributed by atoms with Gasteiger partial charge in [-0.2, -0.15) is 5.26 Å². The molecule has 0 saturated carbocycles. The largest absolute Gasteiger partial charge is 0.396 e. The van der Waals surface area contributed by atoms with Crippen LogP contribution in [-0.4, -0.2) is 59.8 Å². The van der Waals surface area contributed by atoms with Crippen molar-refractivity contribution in [2.75, 3.05) is 37.7 Å². The maximum Gasteiger partial charge on any atom is 0.317 e. The summed E-state index contributed by atoms with van der Waals surface area (Å²) in [5, 5.41) is 21.3. The Labute approximate surface area is 148 Å². The number of amides is 2. The number of nitrogens with one attached hydrogen (secondary N) is 1. The molecule has 0 bridgehead atoms. The third-order valence-corrected chi connectivity index (χ3v) is 5.09. The fourth-order valence-electron chi connectivity index (χ4n) is 3.56. The molecule has 7 nitrogen and oxygen atoms in total. The van der Waals surface area contributed by atoms with Crippen molar-refractivity contribution in [3.63, 3.8) is 0 Å². The summed E-state index contributed by atoms with van der Waals surface area (Å²) in [5.41, 5.74) is 0.564. The number of likely N-dealkylation sites (tertiary alicyclic amines) is 1. The fourth-order valence-corrected chi connectivity index (χ4v) is 3.56. The number of nitrogens with zero attached hydrogens (tertiary/aromatic N) is 4. The van der Waals surface area contributed by atoms with Gasteiger partial charge in [0.2, 0.25) is 0 Å². The van der Waals surface area contributed by atoms with Gasteiger partial charge in [0.1, 0.15) is 11.9 Å². The van der Waals surface area contributed by atoms with Crippen LogP contribution >= 0.6 is 0 Å². The van der Waals surface area contributed by atoms with Gasteiger partial charge < -0.3 is 20.2 Å². The van der Waals surface area contributed by atoms with Crippen molar-refractivity contribution in [2.45, 2.75) is 31.7 Å². The normalized spacial score (nSPS) is 21.7. The number of pyridine rings is 1. The molecule has 3 rings (SSSR count). The Kier molecular flexibility index (Phi) is 5.71. The molecule has 2 aliphatic rings. The van der Waals surface area contributed by atoms with Gasteiger partial charge >= 0.3 is 6.03 Å². The molecule has 2 amide bonds. The van der Waals surface area contributed by atoms with Crippen molar-refractivity contribution in [1.82, 2.24) is 15.2 Å². The van der Waals surface area contributed by atoms with E-state index in [0.29, 0.717) is 12.1 Å². The standard InChI is InChI=1S/C18H25N5O2/c19-10-14-3-4-17(20-11-14)22-8-5-16(6-9-22)21-18(25)23-7-1-2-15(12-23)13-24/h3-4,11,15-16,24H,1-2,5-9,12-13H2,(H,21,25). The van der Waals surface area contributed by atoms with E-state index < -0.39 is 0 Å². The first-order valence-corrected chi connectivity index (χ1v) is 8.97. The Morgan fingerprint density at radius 2 is 2.12 bits per heavy atom. The number of carbonyl (C=O) groups is 1. The van der Waals surface area contributed by atoms with Crippen LogP contribution in [0.4, 0.5) is 10.6 Å². The number of piperidine rings is 2. The number of nitriles is 1. The summed E-state index contributed by atoms with van der Waals surface area (Å²) in [6.45, 7) is 3.25. The van der Waals surface area contributed by atoms with Crippen LogP contribution < -0.4 is 10.2 Å². The number of urea groups is 1. The third-order valence-electron chi connectivity index (χ3n) is 5.09. The van der Waals surface area contributed by atoms with Crippen LogP contribution in [-0.2, 0) is 0 Å². The molecule has 1 aromatic heterocycles. The van der Waals surface area contributed by atoms with E-state index in [9.17, 15) is 9.90 Å². The summed E-state index contributed by atoms with van der Waals surface area (Å²) in [4.78, 5) is 20.8. The van der Waals surface area contributed by atoms with E-state index in [4.69, 9.17) is 5.26 Å². The van der Waals surface area contributed by atoms with Gasteiger partial charge in [0.05, 0.1) is 5.56 Å². The number of aliphatic hydroxyl groups excluding tert-OH is 1. The van der Waals surface area contributed by atoms with Gasteiger partial charge in [0, 0.05) is 45.0 Å². The number of hydrogen-bond acceptors (Lipinski definition) is 5. The molecular formula is C18H25N5O2. The Morgan fingerprint density at radius 1 is 1.32 bits per heavy atom. The van der Waals surface area contributed by atoms with Crippen LogP contribution in [0.3, 0.4) is 0 Å². The quantitative estimate of drug-likeness (QED) is 0.864. The first kappa shape index (κ1) is 17.5. The maximum absolute atomic E-state index is 12.4. The molecule has 0 radical (unpaired) electrons. The SMILES string of the molecule is N#Cc1ccc(N2CCC(NC(=O)N3CCCC(CO)C3)CC2)nc1. The molecule has 0 aliphatic carbocycles. The van der Waals surface area contributed by atoms with Crippen LogP contribution in [0.5, 0.6) is 0 Å². The van der Waals surface area contributed by atoms with Gasteiger partial charge in [-0.25, -0.2) is 9.78 Å². The lowest BCUT2D eigenvalue weighted by Gasteiger charge is -2.36. The van der Waals surface area contributed by atoms with E-state index in [0.717, 1.165) is 51.1 Å². The average molecular weight is 343 g/mol. The third kappa shape index (κ3) is 4.40. The number of hydrogen-bond donors (Lipinski definition) is 2. The predicted octanol–water partition coefficient (Wildman–Crippen LogP) is 1.34. The van der Waals surface area contributed by atoms with Crippen LogP contribution in [0.25, 0.3) is 0 Å². The molecule has 1 atom stereocenters. The Morgan fingerprint density at radius 3 is 2.76 bits per heavy atom. The fraction of sp³-hybridized carbons (Fsp3) is 0.611. The van der Waals surface area contributed by atoms with Gasteiger partial charge in [-0.3, -0.25) is 0 Å². The zero-order valence-electron chi connectivity index (χ0n) is 14.4. The molecule has 3 heterocycles. The Bertz CT molecular complexity index is 619.